The van der Waals surface area contributed by atoms with Gasteiger partial charge < -0.3 is 11.1 Å². The number of halogens is 1. The van der Waals surface area contributed by atoms with Crippen molar-refractivity contribution < 1.29 is 4.79 Å². The van der Waals surface area contributed by atoms with Crippen LogP contribution in [-0.4, -0.2) is 20.7 Å². The molecule has 3 heterocycles. The highest BCUT2D eigenvalue weighted by molar-refractivity contribution is 7.10. The summed E-state index contributed by atoms with van der Waals surface area (Å²) in [6, 6.07) is 10.9. The summed E-state index contributed by atoms with van der Waals surface area (Å²) in [6.07, 6.45) is 0. The molecule has 0 unspecified atom stereocenters. The average molecular weight is 372 g/mol. The molecule has 1 amide bonds. The van der Waals surface area contributed by atoms with Crippen molar-refractivity contribution >= 4 is 34.8 Å². The molecular weight excluding hydrogens is 358 g/mol. The van der Waals surface area contributed by atoms with Crippen LogP contribution in [0.4, 0.5) is 5.95 Å². The molecule has 6 nitrogen and oxygen atoms in total. The molecule has 4 rings (SSSR count). The van der Waals surface area contributed by atoms with Gasteiger partial charge in [0.05, 0.1) is 10.6 Å². The third-order valence-electron chi connectivity index (χ3n) is 4.05. The third kappa shape index (κ3) is 2.61. The molecule has 8 heteroatoms. The first-order valence-electron chi connectivity index (χ1n) is 7.58. The Labute approximate surface area is 152 Å². The molecule has 25 heavy (non-hydrogen) atoms. The predicted molar refractivity (Wildman–Crippen MR) is 98.4 cm³/mol. The number of anilines is 1. The van der Waals surface area contributed by atoms with E-state index in [1.165, 1.54) is 0 Å². The van der Waals surface area contributed by atoms with Crippen LogP contribution in [0.2, 0.25) is 5.02 Å². The largest absolute Gasteiger partial charge is 0.366 e. The highest BCUT2D eigenvalue weighted by atomic mass is 35.5. The molecular formula is C17H14ClN5OS. The lowest BCUT2D eigenvalue weighted by Crippen LogP contribution is -2.31. The average Bonchev–Trinajstić information content (AvgIpc) is 3.22. The van der Waals surface area contributed by atoms with Crippen LogP contribution in [-0.2, 0) is 4.79 Å². The molecule has 1 aliphatic heterocycles. The Balaban J connectivity index is 1.90. The molecule has 126 valence electrons. The summed E-state index contributed by atoms with van der Waals surface area (Å²) in [6.45, 7) is 1.81. The number of carbonyl (C=O) groups excluding carboxylic acids is 1. The number of aromatic nitrogens is 3. The first-order valence-corrected chi connectivity index (χ1v) is 8.84. The van der Waals surface area contributed by atoms with Crippen molar-refractivity contribution in [3.05, 3.63) is 62.9 Å². The molecule has 0 bridgehead atoms. The minimum Gasteiger partial charge on any atom is -0.366 e. The lowest BCUT2D eigenvalue weighted by atomic mass is 10.0. The van der Waals surface area contributed by atoms with Crippen molar-refractivity contribution in [2.75, 3.05) is 5.32 Å². The quantitative estimate of drug-likeness (QED) is 0.738. The molecule has 2 aromatic heterocycles. The number of nitrogens with zero attached hydrogens (tertiary/aromatic N) is 3. The Hall–Kier alpha value is -2.64. The van der Waals surface area contributed by atoms with Gasteiger partial charge in [0, 0.05) is 16.1 Å². The van der Waals surface area contributed by atoms with Crippen LogP contribution < -0.4 is 11.1 Å². The lowest BCUT2D eigenvalue weighted by molar-refractivity contribution is -0.115. The van der Waals surface area contributed by atoms with Gasteiger partial charge in [0.25, 0.3) is 0 Å². The van der Waals surface area contributed by atoms with Gasteiger partial charge in [-0.1, -0.05) is 29.8 Å². The number of amides is 1. The molecule has 1 atom stereocenters. The van der Waals surface area contributed by atoms with E-state index in [0.717, 1.165) is 10.4 Å². The van der Waals surface area contributed by atoms with Gasteiger partial charge in [-0.3, -0.25) is 4.79 Å². The zero-order chi connectivity index (χ0) is 17.6. The SMILES string of the molecule is CC1=C(C(N)=O)[C@H](c2cccs2)n2nc(-c3ccccc3Cl)nc2N1. The molecule has 0 fully saturated rings. The molecule has 0 radical (unpaired) electrons. The normalized spacial score (nSPS) is 16.5. The standard InChI is InChI=1S/C17H14ClN5OS/c1-9-13(15(19)24)14(12-7-4-8-25-12)23-17(20-9)21-16(22-23)10-5-2-3-6-11(10)18/h2-8,14H,1H3,(H2,19,24)(H,20,21,22)/t14-/m0/s1. The maximum Gasteiger partial charge on any atom is 0.248 e. The molecule has 0 saturated heterocycles. The Kier molecular flexibility index (Phi) is 3.82. The van der Waals surface area contributed by atoms with Crippen LogP contribution in [0.3, 0.4) is 0 Å². The number of rotatable bonds is 3. The summed E-state index contributed by atoms with van der Waals surface area (Å²) in [5.74, 6) is 0.563. The molecule has 0 saturated carbocycles. The molecule has 1 aliphatic rings. The number of thiophene rings is 1. The highest BCUT2D eigenvalue weighted by Crippen LogP contribution is 2.38. The van der Waals surface area contributed by atoms with Crippen molar-refractivity contribution in [2.24, 2.45) is 5.73 Å². The number of hydrogen-bond donors (Lipinski definition) is 2. The van der Waals surface area contributed by atoms with Crippen LogP contribution in [0.5, 0.6) is 0 Å². The summed E-state index contributed by atoms with van der Waals surface area (Å²) in [4.78, 5) is 17.6. The van der Waals surface area contributed by atoms with Gasteiger partial charge in [-0.15, -0.1) is 16.4 Å². The number of hydrogen-bond acceptors (Lipinski definition) is 5. The van der Waals surface area contributed by atoms with Crippen LogP contribution in [0.1, 0.15) is 17.8 Å². The first-order chi connectivity index (χ1) is 12.1. The summed E-state index contributed by atoms with van der Waals surface area (Å²) < 4.78 is 1.69. The third-order valence-corrected chi connectivity index (χ3v) is 5.30. The van der Waals surface area contributed by atoms with Gasteiger partial charge in [-0.2, -0.15) is 4.98 Å². The summed E-state index contributed by atoms with van der Waals surface area (Å²) in [5.41, 5.74) is 7.53. The smallest absolute Gasteiger partial charge is 0.248 e. The van der Waals surface area contributed by atoms with Crippen molar-refractivity contribution in [3.8, 4) is 11.4 Å². The fourth-order valence-electron chi connectivity index (χ4n) is 2.94. The molecule has 3 N–H and O–H groups in total. The number of carbonyl (C=O) groups is 1. The van der Waals surface area contributed by atoms with E-state index in [1.807, 2.05) is 42.6 Å². The van der Waals surface area contributed by atoms with Crippen molar-refractivity contribution in [1.82, 2.24) is 14.8 Å². The fraction of sp³-hybridized carbons (Fsp3) is 0.118. The van der Waals surface area contributed by atoms with Gasteiger partial charge in [-0.05, 0) is 30.5 Å². The van der Waals surface area contributed by atoms with E-state index < -0.39 is 11.9 Å². The first kappa shape index (κ1) is 15.9. The summed E-state index contributed by atoms with van der Waals surface area (Å²) in [7, 11) is 0. The number of nitrogens with two attached hydrogens (primary N) is 1. The van der Waals surface area contributed by atoms with Crippen molar-refractivity contribution in [2.45, 2.75) is 13.0 Å². The van der Waals surface area contributed by atoms with E-state index in [1.54, 1.807) is 22.1 Å². The Morgan fingerprint density at radius 2 is 2.12 bits per heavy atom. The zero-order valence-electron chi connectivity index (χ0n) is 13.2. The van der Waals surface area contributed by atoms with Crippen LogP contribution in [0.15, 0.2) is 53.0 Å². The number of benzene rings is 1. The predicted octanol–water partition coefficient (Wildman–Crippen LogP) is 3.43. The maximum atomic E-state index is 12.1. The number of fused-ring (bicyclic) bond motifs is 1. The zero-order valence-corrected chi connectivity index (χ0v) is 14.8. The molecule has 0 aliphatic carbocycles. The second-order valence-corrected chi connectivity index (χ2v) is 7.02. The summed E-state index contributed by atoms with van der Waals surface area (Å²) in [5, 5.41) is 10.3. The minimum atomic E-state index is -0.483. The van der Waals surface area contributed by atoms with Gasteiger partial charge in [0.2, 0.25) is 11.9 Å². The van der Waals surface area contributed by atoms with Gasteiger partial charge in [0.1, 0.15) is 6.04 Å². The Morgan fingerprint density at radius 1 is 1.32 bits per heavy atom. The Bertz CT molecular complexity index is 992. The van der Waals surface area contributed by atoms with Crippen LogP contribution in [0.25, 0.3) is 11.4 Å². The van der Waals surface area contributed by atoms with Gasteiger partial charge >= 0.3 is 0 Å². The van der Waals surface area contributed by atoms with Crippen LogP contribution >= 0.6 is 22.9 Å². The van der Waals surface area contributed by atoms with Gasteiger partial charge in [-0.25, -0.2) is 4.68 Å². The monoisotopic (exact) mass is 371 g/mol. The van der Waals surface area contributed by atoms with Crippen molar-refractivity contribution in [3.63, 3.8) is 0 Å². The maximum absolute atomic E-state index is 12.1. The van der Waals surface area contributed by atoms with E-state index >= 15 is 0 Å². The van der Waals surface area contributed by atoms with E-state index in [4.69, 9.17) is 17.3 Å². The van der Waals surface area contributed by atoms with Crippen LogP contribution in [0, 0.1) is 0 Å². The summed E-state index contributed by atoms with van der Waals surface area (Å²) >= 11 is 7.81. The molecule has 1 aromatic carbocycles. The van der Waals surface area contributed by atoms with Crippen molar-refractivity contribution in [1.29, 1.82) is 0 Å². The number of nitrogens with one attached hydrogen (secondary N) is 1. The topological polar surface area (TPSA) is 85.8 Å². The molecule has 3 aromatic rings. The Morgan fingerprint density at radius 3 is 2.80 bits per heavy atom. The number of allylic oxidation sites excluding steroid dienone is 1. The number of primary amides is 1. The second-order valence-electron chi connectivity index (χ2n) is 5.63. The van der Waals surface area contributed by atoms with Gasteiger partial charge in [0.15, 0.2) is 5.82 Å². The highest BCUT2D eigenvalue weighted by Gasteiger charge is 2.34. The van der Waals surface area contributed by atoms with E-state index in [0.29, 0.717) is 28.1 Å². The fourth-order valence-corrected chi connectivity index (χ4v) is 3.98. The minimum absolute atomic E-state index is 0.405. The lowest BCUT2D eigenvalue weighted by Gasteiger charge is -2.26. The van der Waals surface area contributed by atoms with E-state index in [-0.39, 0.29) is 0 Å². The van der Waals surface area contributed by atoms with E-state index in [9.17, 15) is 4.79 Å². The second kappa shape index (κ2) is 6.02. The van der Waals surface area contributed by atoms with E-state index in [2.05, 4.69) is 15.4 Å². The molecule has 0 spiro atoms.